The number of nitrogens with one attached hydrogen (secondary N) is 1. The highest BCUT2D eigenvalue weighted by atomic mass is 32.1. The van der Waals surface area contributed by atoms with Gasteiger partial charge in [-0.05, 0) is 19.4 Å². The number of hydrogen-bond acceptors (Lipinski definition) is 4. The average Bonchev–Trinajstić information content (AvgIpc) is 2.81. The second-order valence-electron chi connectivity index (χ2n) is 4.31. The monoisotopic (exact) mass is 240 g/mol. The summed E-state index contributed by atoms with van der Waals surface area (Å²) in [6, 6.07) is 0.609. The molecule has 0 radical (unpaired) electrons. The van der Waals surface area contributed by atoms with Gasteiger partial charge in [0.05, 0.1) is 11.6 Å². The smallest absolute Gasteiger partial charge is 0.0929 e. The van der Waals surface area contributed by atoms with Crippen LogP contribution in [0.3, 0.4) is 0 Å². The largest absolute Gasteiger partial charge is 0.381 e. The summed E-state index contributed by atoms with van der Waals surface area (Å²) in [7, 11) is 0. The van der Waals surface area contributed by atoms with Crippen LogP contribution in [0.4, 0.5) is 0 Å². The molecule has 1 aromatic heterocycles. The van der Waals surface area contributed by atoms with Crippen LogP contribution in [0, 0.1) is 5.92 Å². The van der Waals surface area contributed by atoms with Crippen LogP contribution in [0.2, 0.25) is 0 Å². The van der Waals surface area contributed by atoms with Crippen molar-refractivity contribution in [2.45, 2.75) is 32.2 Å². The molecule has 2 atom stereocenters. The SMILES string of the molecule is CCCNC1CCOCC1Cc1nccs1. The van der Waals surface area contributed by atoms with Crippen LogP contribution in [0.1, 0.15) is 24.8 Å². The van der Waals surface area contributed by atoms with E-state index in [0.717, 1.165) is 32.6 Å². The van der Waals surface area contributed by atoms with Gasteiger partial charge in [0, 0.05) is 36.6 Å². The van der Waals surface area contributed by atoms with Crippen molar-refractivity contribution in [3.63, 3.8) is 0 Å². The summed E-state index contributed by atoms with van der Waals surface area (Å²) in [6.07, 6.45) is 5.27. The summed E-state index contributed by atoms with van der Waals surface area (Å²) in [6.45, 7) is 5.10. The summed E-state index contributed by atoms with van der Waals surface area (Å²) >= 11 is 1.75. The maximum absolute atomic E-state index is 5.58. The third kappa shape index (κ3) is 3.27. The standard InChI is InChI=1S/C12H20N2OS/c1-2-4-13-11-3-6-15-9-10(11)8-12-14-5-7-16-12/h5,7,10-11,13H,2-4,6,8-9H2,1H3. The van der Waals surface area contributed by atoms with Gasteiger partial charge in [0.25, 0.3) is 0 Å². The number of aromatic nitrogens is 1. The Morgan fingerprint density at radius 2 is 2.56 bits per heavy atom. The van der Waals surface area contributed by atoms with E-state index in [1.807, 2.05) is 11.6 Å². The maximum atomic E-state index is 5.58. The number of hydrogen-bond donors (Lipinski definition) is 1. The van der Waals surface area contributed by atoms with E-state index in [1.54, 1.807) is 11.3 Å². The molecule has 0 aromatic carbocycles. The second-order valence-corrected chi connectivity index (χ2v) is 5.29. The Hall–Kier alpha value is -0.450. The molecule has 3 nitrogen and oxygen atoms in total. The lowest BCUT2D eigenvalue weighted by Gasteiger charge is -2.31. The molecule has 90 valence electrons. The highest BCUT2D eigenvalue weighted by Gasteiger charge is 2.25. The first-order chi connectivity index (χ1) is 7.90. The summed E-state index contributed by atoms with van der Waals surface area (Å²) in [5.41, 5.74) is 0. The minimum absolute atomic E-state index is 0.589. The van der Waals surface area contributed by atoms with Gasteiger partial charge < -0.3 is 10.1 Å². The molecule has 16 heavy (non-hydrogen) atoms. The zero-order valence-electron chi connectivity index (χ0n) is 9.82. The maximum Gasteiger partial charge on any atom is 0.0929 e. The molecule has 1 N–H and O–H groups in total. The van der Waals surface area contributed by atoms with Gasteiger partial charge in [-0.2, -0.15) is 0 Å². The van der Waals surface area contributed by atoms with Gasteiger partial charge in [-0.3, -0.25) is 0 Å². The molecule has 0 bridgehead atoms. The van der Waals surface area contributed by atoms with Crippen molar-refractivity contribution in [3.8, 4) is 0 Å². The normalized spacial score (nSPS) is 25.8. The molecule has 1 aliphatic rings. The molecule has 2 unspecified atom stereocenters. The number of nitrogens with zero attached hydrogens (tertiary/aromatic N) is 1. The summed E-state index contributed by atoms with van der Waals surface area (Å²) in [4.78, 5) is 4.36. The lowest BCUT2D eigenvalue weighted by molar-refractivity contribution is 0.0322. The van der Waals surface area contributed by atoms with Gasteiger partial charge in [-0.25, -0.2) is 4.98 Å². The first-order valence-corrected chi connectivity index (χ1v) is 6.97. The van der Waals surface area contributed by atoms with E-state index in [0.29, 0.717) is 12.0 Å². The minimum atomic E-state index is 0.589. The zero-order valence-corrected chi connectivity index (χ0v) is 10.6. The first-order valence-electron chi connectivity index (χ1n) is 6.09. The van der Waals surface area contributed by atoms with Crippen molar-refractivity contribution < 1.29 is 4.74 Å². The summed E-state index contributed by atoms with van der Waals surface area (Å²) in [5, 5.41) is 6.91. The van der Waals surface area contributed by atoms with Crippen molar-refractivity contribution >= 4 is 11.3 Å². The Balaban J connectivity index is 1.88. The molecule has 2 rings (SSSR count). The molecule has 0 aliphatic carbocycles. The zero-order chi connectivity index (χ0) is 11.2. The van der Waals surface area contributed by atoms with Crippen molar-refractivity contribution in [1.29, 1.82) is 0 Å². The summed E-state index contributed by atoms with van der Waals surface area (Å²) < 4.78 is 5.58. The van der Waals surface area contributed by atoms with Crippen LogP contribution in [0.15, 0.2) is 11.6 Å². The highest BCUT2D eigenvalue weighted by molar-refractivity contribution is 7.09. The van der Waals surface area contributed by atoms with Crippen LogP contribution in [-0.4, -0.2) is 30.8 Å². The van der Waals surface area contributed by atoms with E-state index in [9.17, 15) is 0 Å². The molecule has 0 saturated carbocycles. The highest BCUT2D eigenvalue weighted by Crippen LogP contribution is 2.20. The minimum Gasteiger partial charge on any atom is -0.381 e. The van der Waals surface area contributed by atoms with E-state index < -0.39 is 0 Å². The second kappa shape index (κ2) is 6.33. The van der Waals surface area contributed by atoms with E-state index >= 15 is 0 Å². The van der Waals surface area contributed by atoms with E-state index in [-0.39, 0.29) is 0 Å². The van der Waals surface area contributed by atoms with Crippen molar-refractivity contribution in [3.05, 3.63) is 16.6 Å². The Morgan fingerprint density at radius 3 is 3.31 bits per heavy atom. The Morgan fingerprint density at radius 1 is 1.62 bits per heavy atom. The number of ether oxygens (including phenoxy) is 1. The van der Waals surface area contributed by atoms with Gasteiger partial charge in [-0.1, -0.05) is 6.92 Å². The Labute approximate surface area is 101 Å². The first kappa shape index (κ1) is 12.0. The Bertz CT molecular complexity index is 289. The summed E-state index contributed by atoms with van der Waals surface area (Å²) in [5.74, 6) is 0.589. The molecule has 2 heterocycles. The molecule has 1 aliphatic heterocycles. The van der Waals surface area contributed by atoms with Gasteiger partial charge in [-0.15, -0.1) is 11.3 Å². The predicted molar refractivity (Wildman–Crippen MR) is 66.8 cm³/mol. The molecule has 0 amide bonds. The lowest BCUT2D eigenvalue weighted by Crippen LogP contribution is -2.43. The van der Waals surface area contributed by atoms with Crippen LogP contribution < -0.4 is 5.32 Å². The molecule has 1 saturated heterocycles. The molecule has 1 fully saturated rings. The Kier molecular flexibility index (Phi) is 4.75. The van der Waals surface area contributed by atoms with Crippen molar-refractivity contribution in [2.75, 3.05) is 19.8 Å². The third-order valence-corrected chi connectivity index (χ3v) is 3.85. The quantitative estimate of drug-likeness (QED) is 0.855. The third-order valence-electron chi connectivity index (χ3n) is 3.05. The predicted octanol–water partition coefficient (Wildman–Crippen LogP) is 2.09. The average molecular weight is 240 g/mol. The van der Waals surface area contributed by atoms with Gasteiger partial charge in [0.2, 0.25) is 0 Å². The fourth-order valence-corrected chi connectivity index (χ4v) is 2.89. The van der Waals surface area contributed by atoms with Gasteiger partial charge in [0.15, 0.2) is 0 Å². The number of thiazole rings is 1. The number of rotatable bonds is 5. The lowest BCUT2D eigenvalue weighted by atomic mass is 9.93. The van der Waals surface area contributed by atoms with E-state index in [2.05, 4.69) is 17.2 Å². The van der Waals surface area contributed by atoms with Crippen LogP contribution in [-0.2, 0) is 11.2 Å². The molecular weight excluding hydrogens is 220 g/mol. The van der Waals surface area contributed by atoms with E-state index in [4.69, 9.17) is 4.74 Å². The van der Waals surface area contributed by atoms with Crippen molar-refractivity contribution in [1.82, 2.24) is 10.3 Å². The van der Waals surface area contributed by atoms with Crippen molar-refractivity contribution in [2.24, 2.45) is 5.92 Å². The van der Waals surface area contributed by atoms with E-state index in [1.165, 1.54) is 11.4 Å². The van der Waals surface area contributed by atoms with Gasteiger partial charge >= 0.3 is 0 Å². The molecular formula is C12H20N2OS. The fourth-order valence-electron chi connectivity index (χ4n) is 2.17. The van der Waals surface area contributed by atoms with Gasteiger partial charge in [0.1, 0.15) is 0 Å². The van der Waals surface area contributed by atoms with Crippen LogP contribution in [0.25, 0.3) is 0 Å². The topological polar surface area (TPSA) is 34.1 Å². The molecule has 4 heteroatoms. The van der Waals surface area contributed by atoms with Crippen LogP contribution >= 0.6 is 11.3 Å². The molecule has 0 spiro atoms. The van der Waals surface area contributed by atoms with Crippen LogP contribution in [0.5, 0.6) is 0 Å². The molecule has 1 aromatic rings. The fraction of sp³-hybridized carbons (Fsp3) is 0.750.